The van der Waals surface area contributed by atoms with E-state index in [4.69, 9.17) is 4.74 Å². The fourth-order valence-electron chi connectivity index (χ4n) is 3.79. The summed E-state index contributed by atoms with van der Waals surface area (Å²) in [6, 6.07) is 0. The van der Waals surface area contributed by atoms with Crippen LogP contribution in [0, 0.1) is 17.8 Å². The average molecular weight is 334 g/mol. The number of piperidine rings is 1. The molecule has 0 aromatic carbocycles. The number of likely N-dealkylation sites (tertiary alicyclic amines) is 2. The molecule has 7 nitrogen and oxygen atoms in total. The van der Waals surface area contributed by atoms with Gasteiger partial charge >= 0.3 is 5.97 Å². The van der Waals surface area contributed by atoms with Gasteiger partial charge in [0.05, 0.1) is 24.9 Å². The number of amides is 3. The number of hydrogen-bond donors (Lipinski definition) is 0. The first-order chi connectivity index (χ1) is 11.5. The van der Waals surface area contributed by atoms with Crippen LogP contribution in [0.4, 0.5) is 0 Å². The lowest BCUT2D eigenvalue weighted by Crippen LogP contribution is -2.46. The highest BCUT2D eigenvalue weighted by atomic mass is 16.5. The second kappa shape index (κ2) is 6.75. The topological polar surface area (TPSA) is 84.0 Å². The fourth-order valence-corrected chi connectivity index (χ4v) is 3.79. The van der Waals surface area contributed by atoms with Crippen LogP contribution in [-0.4, -0.2) is 60.2 Å². The molecule has 130 valence electrons. The monoisotopic (exact) mass is 334 g/mol. The van der Waals surface area contributed by atoms with Crippen LogP contribution in [0.5, 0.6) is 0 Å². The highest BCUT2D eigenvalue weighted by Crippen LogP contribution is 2.35. The van der Waals surface area contributed by atoms with E-state index in [2.05, 4.69) is 0 Å². The molecule has 3 amide bonds. The largest absolute Gasteiger partial charge is 0.469 e. The Hall–Kier alpha value is -2.18. The standard InChI is InChI=1S/C17H22N2O5/c1-24-17(23)11-6-8-18(9-7-11)14(20)10-19-15(21)12-4-2-3-5-13(12)16(19)22/h2-3,11-13H,4-10H2,1H3/t12-,13-/m0/s1. The average Bonchev–Trinajstić information content (AvgIpc) is 2.86. The van der Waals surface area contributed by atoms with E-state index in [1.165, 1.54) is 7.11 Å². The van der Waals surface area contributed by atoms with Crippen LogP contribution >= 0.6 is 0 Å². The van der Waals surface area contributed by atoms with Crippen LogP contribution in [0.3, 0.4) is 0 Å². The summed E-state index contributed by atoms with van der Waals surface area (Å²) >= 11 is 0. The molecular weight excluding hydrogens is 312 g/mol. The van der Waals surface area contributed by atoms with E-state index in [0.29, 0.717) is 38.8 Å². The van der Waals surface area contributed by atoms with Gasteiger partial charge in [0.15, 0.2) is 0 Å². The molecule has 7 heteroatoms. The normalized spacial score (nSPS) is 27.4. The second-order valence-electron chi connectivity index (χ2n) is 6.60. The smallest absolute Gasteiger partial charge is 0.308 e. The highest BCUT2D eigenvalue weighted by molar-refractivity contribution is 6.07. The maximum Gasteiger partial charge on any atom is 0.308 e. The van der Waals surface area contributed by atoms with Crippen molar-refractivity contribution in [1.82, 2.24) is 9.80 Å². The third-order valence-electron chi connectivity index (χ3n) is 5.27. The van der Waals surface area contributed by atoms with Crippen molar-refractivity contribution < 1.29 is 23.9 Å². The van der Waals surface area contributed by atoms with Crippen LogP contribution in [0.15, 0.2) is 12.2 Å². The summed E-state index contributed by atoms with van der Waals surface area (Å²) in [6.45, 7) is 0.708. The first-order valence-electron chi connectivity index (χ1n) is 8.38. The lowest BCUT2D eigenvalue weighted by molar-refractivity contribution is -0.150. The molecule has 0 radical (unpaired) electrons. The lowest BCUT2D eigenvalue weighted by Gasteiger charge is -2.31. The number of fused-ring (bicyclic) bond motifs is 1. The quantitative estimate of drug-likeness (QED) is 0.422. The summed E-state index contributed by atoms with van der Waals surface area (Å²) < 4.78 is 4.73. The third-order valence-corrected chi connectivity index (χ3v) is 5.27. The minimum atomic E-state index is -0.305. The minimum Gasteiger partial charge on any atom is -0.469 e. The number of methoxy groups -OCH3 is 1. The predicted molar refractivity (Wildman–Crippen MR) is 83.4 cm³/mol. The fraction of sp³-hybridized carbons (Fsp3) is 0.647. The second-order valence-corrected chi connectivity index (χ2v) is 6.60. The summed E-state index contributed by atoms with van der Waals surface area (Å²) in [5.41, 5.74) is 0. The molecular formula is C17H22N2O5. The Labute approximate surface area is 140 Å². The van der Waals surface area contributed by atoms with Crippen molar-refractivity contribution in [3.63, 3.8) is 0 Å². The predicted octanol–water partition coefficient (Wildman–Crippen LogP) is 0.349. The van der Waals surface area contributed by atoms with Gasteiger partial charge in [0.2, 0.25) is 17.7 Å². The molecule has 2 saturated heterocycles. The Morgan fingerprint density at radius 2 is 1.62 bits per heavy atom. The van der Waals surface area contributed by atoms with Crippen molar-refractivity contribution in [3.05, 3.63) is 12.2 Å². The van der Waals surface area contributed by atoms with Crippen molar-refractivity contribution in [2.45, 2.75) is 25.7 Å². The Bertz CT molecular complexity index is 566. The minimum absolute atomic E-state index is 0.178. The van der Waals surface area contributed by atoms with Gasteiger partial charge in [0, 0.05) is 13.1 Å². The molecule has 0 aromatic rings. The molecule has 3 rings (SSSR count). The molecule has 0 spiro atoms. The van der Waals surface area contributed by atoms with Crippen molar-refractivity contribution in [3.8, 4) is 0 Å². The van der Waals surface area contributed by atoms with Crippen LogP contribution < -0.4 is 0 Å². The Kier molecular flexibility index (Phi) is 4.69. The molecule has 0 aromatic heterocycles. The molecule has 0 unspecified atom stereocenters. The number of imide groups is 1. The van der Waals surface area contributed by atoms with Gasteiger partial charge < -0.3 is 9.64 Å². The molecule has 2 aliphatic heterocycles. The first kappa shape index (κ1) is 16.7. The molecule has 1 aliphatic carbocycles. The van der Waals surface area contributed by atoms with Gasteiger partial charge in [0.1, 0.15) is 6.54 Å². The Balaban J connectivity index is 1.57. The molecule has 2 atom stereocenters. The zero-order chi connectivity index (χ0) is 17.3. The van der Waals surface area contributed by atoms with E-state index in [9.17, 15) is 19.2 Å². The maximum atomic E-state index is 12.4. The number of carbonyl (C=O) groups is 4. The Morgan fingerprint density at radius 3 is 2.12 bits per heavy atom. The molecule has 2 heterocycles. The van der Waals surface area contributed by atoms with E-state index in [1.54, 1.807) is 4.90 Å². The third kappa shape index (κ3) is 2.95. The summed E-state index contributed by atoms with van der Waals surface area (Å²) in [5, 5.41) is 0. The van der Waals surface area contributed by atoms with Crippen LogP contribution in [-0.2, 0) is 23.9 Å². The van der Waals surface area contributed by atoms with Gasteiger partial charge in [-0.15, -0.1) is 0 Å². The summed E-state index contributed by atoms with van der Waals surface area (Å²) in [7, 11) is 1.36. The van der Waals surface area contributed by atoms with Gasteiger partial charge in [0.25, 0.3) is 0 Å². The number of ether oxygens (including phenoxy) is 1. The molecule has 0 saturated carbocycles. The van der Waals surface area contributed by atoms with Gasteiger partial charge in [-0.2, -0.15) is 0 Å². The zero-order valence-electron chi connectivity index (χ0n) is 13.8. The summed E-state index contributed by atoms with van der Waals surface area (Å²) in [4.78, 5) is 51.5. The van der Waals surface area contributed by atoms with E-state index >= 15 is 0 Å². The molecule has 3 aliphatic rings. The molecule has 0 bridgehead atoms. The van der Waals surface area contributed by atoms with E-state index in [-0.39, 0.29) is 48.0 Å². The SMILES string of the molecule is COC(=O)C1CCN(C(=O)CN2C(=O)[C@H]3CC=CC[C@@H]3C2=O)CC1. The van der Waals surface area contributed by atoms with Crippen LogP contribution in [0.1, 0.15) is 25.7 Å². The number of hydrogen-bond acceptors (Lipinski definition) is 5. The van der Waals surface area contributed by atoms with Gasteiger partial charge in [-0.3, -0.25) is 24.1 Å². The van der Waals surface area contributed by atoms with E-state index < -0.39 is 0 Å². The van der Waals surface area contributed by atoms with Crippen LogP contribution in [0.2, 0.25) is 0 Å². The summed E-state index contributed by atoms with van der Waals surface area (Å²) in [6.07, 6.45) is 6.10. The number of allylic oxidation sites excluding steroid dienone is 2. The van der Waals surface area contributed by atoms with Crippen LogP contribution in [0.25, 0.3) is 0 Å². The van der Waals surface area contributed by atoms with E-state index in [1.807, 2.05) is 12.2 Å². The first-order valence-corrected chi connectivity index (χ1v) is 8.38. The van der Waals surface area contributed by atoms with Gasteiger partial charge in [-0.1, -0.05) is 12.2 Å². The number of carbonyl (C=O) groups excluding carboxylic acids is 4. The number of rotatable bonds is 3. The lowest BCUT2D eigenvalue weighted by atomic mass is 9.85. The molecule has 2 fully saturated rings. The Morgan fingerprint density at radius 1 is 1.08 bits per heavy atom. The summed E-state index contributed by atoms with van der Waals surface area (Å²) in [5.74, 6) is -1.72. The van der Waals surface area contributed by atoms with Crippen molar-refractivity contribution in [2.75, 3.05) is 26.7 Å². The van der Waals surface area contributed by atoms with Crippen molar-refractivity contribution in [2.24, 2.45) is 17.8 Å². The van der Waals surface area contributed by atoms with Gasteiger partial charge in [-0.05, 0) is 25.7 Å². The van der Waals surface area contributed by atoms with Gasteiger partial charge in [-0.25, -0.2) is 0 Å². The van der Waals surface area contributed by atoms with E-state index in [0.717, 1.165) is 4.90 Å². The van der Waals surface area contributed by atoms with Crippen molar-refractivity contribution in [1.29, 1.82) is 0 Å². The number of nitrogens with zero attached hydrogens (tertiary/aromatic N) is 2. The molecule has 0 N–H and O–H groups in total. The van der Waals surface area contributed by atoms with Crippen molar-refractivity contribution >= 4 is 23.7 Å². The highest BCUT2D eigenvalue weighted by Gasteiger charge is 2.48. The molecule has 24 heavy (non-hydrogen) atoms. The number of esters is 1. The zero-order valence-corrected chi connectivity index (χ0v) is 13.8. The maximum absolute atomic E-state index is 12.4.